The van der Waals surface area contributed by atoms with Gasteiger partial charge < -0.3 is 5.32 Å². The number of benzene rings is 1. The second-order valence-electron chi connectivity index (χ2n) is 5.66. The van der Waals surface area contributed by atoms with Crippen LogP contribution in [0, 0.1) is 11.8 Å². The molecular weight excluding hydrogens is 290 g/mol. The molecule has 0 aliphatic heterocycles. The summed E-state index contributed by atoms with van der Waals surface area (Å²) in [7, 11) is 0. The molecule has 1 aromatic rings. The molecule has 2 saturated carbocycles. The van der Waals surface area contributed by atoms with E-state index in [1.165, 1.54) is 25.7 Å². The summed E-state index contributed by atoms with van der Waals surface area (Å²) in [5.74, 6) is 1.80. The molecule has 0 aromatic heterocycles. The number of amides is 1. The van der Waals surface area contributed by atoms with Gasteiger partial charge in [0.25, 0.3) is 0 Å². The summed E-state index contributed by atoms with van der Waals surface area (Å²) in [5, 5.41) is 3.22. The van der Waals surface area contributed by atoms with Gasteiger partial charge in [-0.2, -0.15) is 0 Å². The van der Waals surface area contributed by atoms with Crippen molar-refractivity contribution in [2.75, 3.05) is 0 Å². The topological polar surface area (TPSA) is 29.1 Å². The average Bonchev–Trinajstić information content (AvgIpc) is 2.90. The average molecular weight is 308 g/mol. The molecule has 2 fully saturated rings. The van der Waals surface area contributed by atoms with Crippen molar-refractivity contribution in [2.45, 2.75) is 38.1 Å². The molecule has 0 radical (unpaired) electrons. The van der Waals surface area contributed by atoms with Crippen molar-refractivity contribution < 1.29 is 4.79 Å². The normalized spacial score (nSPS) is 29.5. The Kier molecular flexibility index (Phi) is 3.42. The molecule has 0 heterocycles. The van der Waals surface area contributed by atoms with E-state index in [2.05, 4.69) is 21.2 Å². The van der Waals surface area contributed by atoms with Crippen molar-refractivity contribution in [3.05, 3.63) is 34.3 Å². The van der Waals surface area contributed by atoms with Crippen molar-refractivity contribution in [3.8, 4) is 0 Å². The van der Waals surface area contributed by atoms with Gasteiger partial charge >= 0.3 is 0 Å². The summed E-state index contributed by atoms with van der Waals surface area (Å²) < 4.78 is 1.03. The van der Waals surface area contributed by atoms with Crippen molar-refractivity contribution >= 4 is 21.8 Å². The lowest BCUT2D eigenvalue weighted by Crippen LogP contribution is -2.39. The maximum atomic E-state index is 12.0. The van der Waals surface area contributed by atoms with Gasteiger partial charge in [-0.3, -0.25) is 4.79 Å². The van der Waals surface area contributed by atoms with Crippen LogP contribution in [0.3, 0.4) is 0 Å². The third-order valence-corrected chi connectivity index (χ3v) is 4.83. The third kappa shape index (κ3) is 2.61. The fraction of sp³-hybridized carbons (Fsp3) is 0.533. The minimum Gasteiger partial charge on any atom is -0.353 e. The monoisotopic (exact) mass is 307 g/mol. The second-order valence-corrected chi connectivity index (χ2v) is 6.57. The Balaban J connectivity index is 1.56. The van der Waals surface area contributed by atoms with E-state index in [-0.39, 0.29) is 5.91 Å². The van der Waals surface area contributed by atoms with Crippen LogP contribution in [0.1, 0.15) is 31.2 Å². The van der Waals surface area contributed by atoms with Crippen LogP contribution in [-0.2, 0) is 11.2 Å². The lowest BCUT2D eigenvalue weighted by Gasteiger charge is -2.22. The highest BCUT2D eigenvalue weighted by Crippen LogP contribution is 2.44. The zero-order chi connectivity index (χ0) is 12.5. The summed E-state index contributed by atoms with van der Waals surface area (Å²) in [6.45, 7) is 0. The summed E-state index contributed by atoms with van der Waals surface area (Å²) in [6.07, 6.45) is 5.72. The summed E-state index contributed by atoms with van der Waals surface area (Å²) in [4.78, 5) is 12.0. The van der Waals surface area contributed by atoms with Gasteiger partial charge in [-0.15, -0.1) is 0 Å². The number of hydrogen-bond donors (Lipinski definition) is 1. The molecule has 3 unspecified atom stereocenters. The predicted octanol–water partition coefficient (Wildman–Crippen LogP) is 3.30. The van der Waals surface area contributed by atoms with Crippen LogP contribution in [-0.4, -0.2) is 11.9 Å². The Bertz CT molecular complexity index is 460. The van der Waals surface area contributed by atoms with Crippen LogP contribution in [0.25, 0.3) is 0 Å². The SMILES string of the molecule is O=C(Cc1cccc(Br)c1)NC1CC2CCC1C2. The molecule has 0 saturated heterocycles. The zero-order valence-corrected chi connectivity index (χ0v) is 11.9. The molecule has 1 N–H and O–H groups in total. The van der Waals surface area contributed by atoms with E-state index in [1.54, 1.807) is 0 Å². The molecule has 3 heteroatoms. The van der Waals surface area contributed by atoms with Crippen LogP contribution >= 0.6 is 15.9 Å². The largest absolute Gasteiger partial charge is 0.353 e. The van der Waals surface area contributed by atoms with Crippen LogP contribution < -0.4 is 5.32 Å². The minimum absolute atomic E-state index is 0.172. The Labute approximate surface area is 116 Å². The van der Waals surface area contributed by atoms with Gasteiger partial charge in [-0.05, 0) is 48.8 Å². The fourth-order valence-electron chi connectivity index (χ4n) is 3.51. The maximum absolute atomic E-state index is 12.0. The molecule has 96 valence electrons. The summed E-state index contributed by atoms with van der Waals surface area (Å²) >= 11 is 3.44. The van der Waals surface area contributed by atoms with Gasteiger partial charge in [0.15, 0.2) is 0 Å². The Morgan fingerprint density at radius 2 is 2.22 bits per heavy atom. The lowest BCUT2D eigenvalue weighted by molar-refractivity contribution is -0.121. The number of halogens is 1. The number of carbonyl (C=O) groups is 1. The van der Waals surface area contributed by atoms with Gasteiger partial charge in [-0.1, -0.05) is 34.5 Å². The quantitative estimate of drug-likeness (QED) is 0.912. The van der Waals surface area contributed by atoms with E-state index >= 15 is 0 Å². The number of nitrogens with one attached hydrogen (secondary N) is 1. The van der Waals surface area contributed by atoms with E-state index in [4.69, 9.17) is 0 Å². The molecule has 1 amide bonds. The van der Waals surface area contributed by atoms with Gasteiger partial charge in [0.05, 0.1) is 6.42 Å². The van der Waals surface area contributed by atoms with E-state index in [0.29, 0.717) is 12.5 Å². The van der Waals surface area contributed by atoms with Crippen molar-refractivity contribution in [1.82, 2.24) is 5.32 Å². The Morgan fingerprint density at radius 3 is 2.89 bits per heavy atom. The number of carbonyl (C=O) groups excluding carboxylic acids is 1. The van der Waals surface area contributed by atoms with Gasteiger partial charge in [-0.25, -0.2) is 0 Å². The van der Waals surface area contributed by atoms with E-state index in [1.807, 2.05) is 24.3 Å². The summed E-state index contributed by atoms with van der Waals surface area (Å²) in [6, 6.07) is 8.43. The molecule has 2 bridgehead atoms. The predicted molar refractivity (Wildman–Crippen MR) is 75.2 cm³/mol. The molecule has 2 aliphatic carbocycles. The highest BCUT2D eigenvalue weighted by Gasteiger charge is 2.39. The molecule has 2 nitrogen and oxygen atoms in total. The highest BCUT2D eigenvalue weighted by molar-refractivity contribution is 9.10. The van der Waals surface area contributed by atoms with Gasteiger partial charge in [0, 0.05) is 10.5 Å². The van der Waals surface area contributed by atoms with E-state index in [9.17, 15) is 4.79 Å². The standard InChI is InChI=1S/C15H18BrNO/c16-13-3-1-2-10(7-13)9-15(18)17-14-8-11-4-5-12(14)6-11/h1-3,7,11-12,14H,4-6,8-9H2,(H,17,18). The van der Waals surface area contributed by atoms with E-state index < -0.39 is 0 Å². The molecule has 0 spiro atoms. The maximum Gasteiger partial charge on any atom is 0.224 e. The minimum atomic E-state index is 0.172. The number of rotatable bonds is 3. The van der Waals surface area contributed by atoms with Crippen LogP contribution in [0.5, 0.6) is 0 Å². The molecule has 2 aliphatic rings. The van der Waals surface area contributed by atoms with Gasteiger partial charge in [0.2, 0.25) is 5.91 Å². The first-order chi connectivity index (χ1) is 8.70. The lowest BCUT2D eigenvalue weighted by atomic mass is 9.95. The highest BCUT2D eigenvalue weighted by atomic mass is 79.9. The van der Waals surface area contributed by atoms with Crippen LogP contribution in [0.15, 0.2) is 28.7 Å². The van der Waals surface area contributed by atoms with Crippen LogP contribution in [0.4, 0.5) is 0 Å². The van der Waals surface area contributed by atoms with Crippen LogP contribution in [0.2, 0.25) is 0 Å². The summed E-state index contributed by atoms with van der Waals surface area (Å²) in [5.41, 5.74) is 1.07. The molecular formula is C15H18BrNO. The van der Waals surface area contributed by atoms with Gasteiger partial charge in [0.1, 0.15) is 0 Å². The first-order valence-corrected chi connectivity index (χ1v) is 7.54. The molecule has 3 rings (SSSR count). The molecule has 3 atom stereocenters. The smallest absolute Gasteiger partial charge is 0.224 e. The third-order valence-electron chi connectivity index (χ3n) is 4.34. The van der Waals surface area contributed by atoms with E-state index in [0.717, 1.165) is 21.9 Å². The molecule has 1 aromatic carbocycles. The van der Waals surface area contributed by atoms with Crippen molar-refractivity contribution in [1.29, 1.82) is 0 Å². The first-order valence-electron chi connectivity index (χ1n) is 6.74. The zero-order valence-electron chi connectivity index (χ0n) is 10.4. The Hall–Kier alpha value is -0.830. The van der Waals surface area contributed by atoms with Crippen molar-refractivity contribution in [2.24, 2.45) is 11.8 Å². The second kappa shape index (κ2) is 5.04. The molecule has 18 heavy (non-hydrogen) atoms. The Morgan fingerprint density at radius 1 is 1.33 bits per heavy atom. The number of hydrogen-bond acceptors (Lipinski definition) is 1. The first kappa shape index (κ1) is 12.2. The number of fused-ring (bicyclic) bond motifs is 2. The fourth-order valence-corrected chi connectivity index (χ4v) is 3.96. The van der Waals surface area contributed by atoms with Crippen molar-refractivity contribution in [3.63, 3.8) is 0 Å².